The summed E-state index contributed by atoms with van der Waals surface area (Å²) in [5.41, 5.74) is 1.12. The molecule has 0 amide bonds. The largest absolute Gasteiger partial charge is 0.376 e. The maximum atomic E-state index is 10.8. The molecule has 0 fully saturated rings. The maximum absolute atomic E-state index is 10.8. The molecule has 0 atom stereocenters. The summed E-state index contributed by atoms with van der Waals surface area (Å²) in [4.78, 5) is 10.8. The van der Waals surface area contributed by atoms with Crippen molar-refractivity contribution in [3.63, 3.8) is 0 Å². The molecule has 74 valence electrons. The molecule has 2 nitrogen and oxygen atoms in total. The molecule has 0 aliphatic rings. The van der Waals surface area contributed by atoms with Crippen molar-refractivity contribution in [1.82, 2.24) is 0 Å². The molecule has 0 spiro atoms. The van der Waals surface area contributed by atoms with E-state index in [1.165, 1.54) is 6.08 Å². The van der Waals surface area contributed by atoms with Gasteiger partial charge in [-0.25, -0.2) is 0 Å². The van der Waals surface area contributed by atoms with Crippen molar-refractivity contribution >= 4 is 5.78 Å². The minimum Gasteiger partial charge on any atom is -0.376 e. The van der Waals surface area contributed by atoms with Crippen molar-refractivity contribution in [2.75, 3.05) is 6.61 Å². The zero-order valence-electron chi connectivity index (χ0n) is 8.11. The van der Waals surface area contributed by atoms with Crippen molar-refractivity contribution in [1.29, 1.82) is 0 Å². The molecule has 0 bridgehead atoms. The first-order valence-corrected chi connectivity index (χ1v) is 4.60. The predicted molar refractivity (Wildman–Crippen MR) is 55.9 cm³/mol. The molecule has 1 aromatic carbocycles. The van der Waals surface area contributed by atoms with Gasteiger partial charge in [0.1, 0.15) is 0 Å². The van der Waals surface area contributed by atoms with E-state index in [-0.39, 0.29) is 5.78 Å². The smallest absolute Gasteiger partial charge is 0.157 e. The number of carbonyl (C=O) groups excluding carboxylic acids is 1. The van der Waals surface area contributed by atoms with Gasteiger partial charge in [-0.1, -0.05) is 36.9 Å². The van der Waals surface area contributed by atoms with Gasteiger partial charge in [0.25, 0.3) is 0 Å². The van der Waals surface area contributed by atoms with E-state index >= 15 is 0 Å². The second-order valence-electron chi connectivity index (χ2n) is 2.96. The fourth-order valence-corrected chi connectivity index (χ4v) is 1.04. The van der Waals surface area contributed by atoms with Gasteiger partial charge in [0, 0.05) is 6.42 Å². The van der Waals surface area contributed by atoms with E-state index in [2.05, 4.69) is 6.58 Å². The molecule has 0 unspecified atom stereocenters. The Morgan fingerprint density at radius 1 is 1.36 bits per heavy atom. The Balaban J connectivity index is 2.16. The molecule has 0 aromatic heterocycles. The summed E-state index contributed by atoms with van der Waals surface area (Å²) in [5.74, 6) is 0.0260. The second-order valence-corrected chi connectivity index (χ2v) is 2.96. The van der Waals surface area contributed by atoms with E-state index in [4.69, 9.17) is 4.74 Å². The third-order valence-corrected chi connectivity index (χ3v) is 1.83. The van der Waals surface area contributed by atoms with Crippen LogP contribution >= 0.6 is 0 Å². The quantitative estimate of drug-likeness (QED) is 0.508. The highest BCUT2D eigenvalue weighted by Crippen LogP contribution is 2.00. The van der Waals surface area contributed by atoms with Crippen LogP contribution in [0, 0.1) is 0 Å². The van der Waals surface area contributed by atoms with E-state index in [1.54, 1.807) is 0 Å². The lowest BCUT2D eigenvalue weighted by molar-refractivity contribution is -0.115. The topological polar surface area (TPSA) is 26.3 Å². The highest BCUT2D eigenvalue weighted by Gasteiger charge is 1.95. The van der Waals surface area contributed by atoms with Crippen LogP contribution in [0.2, 0.25) is 0 Å². The molecule has 0 radical (unpaired) electrons. The van der Waals surface area contributed by atoms with Crippen LogP contribution in [0.3, 0.4) is 0 Å². The highest BCUT2D eigenvalue weighted by molar-refractivity contribution is 5.89. The van der Waals surface area contributed by atoms with Gasteiger partial charge in [0.15, 0.2) is 5.78 Å². The van der Waals surface area contributed by atoms with Crippen LogP contribution in [0.15, 0.2) is 43.0 Å². The van der Waals surface area contributed by atoms with Crippen molar-refractivity contribution < 1.29 is 9.53 Å². The molecule has 0 aliphatic heterocycles. The number of ketones is 1. The summed E-state index contributed by atoms with van der Waals surface area (Å²) in [7, 11) is 0. The standard InChI is InChI=1S/C12H14O2/c1-2-12(13)8-9-14-10-11-6-4-3-5-7-11/h2-7H,1,8-10H2. The summed E-state index contributed by atoms with van der Waals surface area (Å²) in [6, 6.07) is 9.89. The molecule has 1 aromatic rings. The third kappa shape index (κ3) is 4.01. The number of hydrogen-bond acceptors (Lipinski definition) is 2. The molecule has 14 heavy (non-hydrogen) atoms. The summed E-state index contributed by atoms with van der Waals surface area (Å²) < 4.78 is 5.32. The molecule has 0 saturated carbocycles. The number of rotatable bonds is 6. The monoisotopic (exact) mass is 190 g/mol. The average Bonchev–Trinajstić information content (AvgIpc) is 2.25. The van der Waals surface area contributed by atoms with Crippen LogP contribution in [-0.4, -0.2) is 12.4 Å². The zero-order valence-corrected chi connectivity index (χ0v) is 8.11. The highest BCUT2D eigenvalue weighted by atomic mass is 16.5. The van der Waals surface area contributed by atoms with Gasteiger partial charge in [0.2, 0.25) is 0 Å². The van der Waals surface area contributed by atoms with Crippen molar-refractivity contribution in [2.24, 2.45) is 0 Å². The van der Waals surface area contributed by atoms with E-state index < -0.39 is 0 Å². The molecule has 0 heterocycles. The Kier molecular flexibility index (Phi) is 4.65. The van der Waals surface area contributed by atoms with Gasteiger partial charge in [0.05, 0.1) is 13.2 Å². The van der Waals surface area contributed by atoms with Gasteiger partial charge in [-0.2, -0.15) is 0 Å². The normalized spacial score (nSPS) is 9.71. The molecule has 0 saturated heterocycles. The van der Waals surface area contributed by atoms with Crippen molar-refractivity contribution in [3.8, 4) is 0 Å². The second kappa shape index (κ2) is 6.11. The summed E-state index contributed by atoms with van der Waals surface area (Å²) in [6.07, 6.45) is 1.74. The summed E-state index contributed by atoms with van der Waals surface area (Å²) in [5, 5.41) is 0. The van der Waals surface area contributed by atoms with Crippen molar-refractivity contribution in [3.05, 3.63) is 48.6 Å². The molecular weight excluding hydrogens is 176 g/mol. The Morgan fingerprint density at radius 3 is 2.71 bits per heavy atom. The van der Waals surface area contributed by atoms with Gasteiger partial charge in [-0.05, 0) is 11.6 Å². The molecular formula is C12H14O2. The first-order valence-electron chi connectivity index (χ1n) is 4.60. The van der Waals surface area contributed by atoms with Gasteiger partial charge in [-0.15, -0.1) is 0 Å². The number of ether oxygens (including phenoxy) is 1. The molecule has 1 rings (SSSR count). The van der Waals surface area contributed by atoms with Gasteiger partial charge < -0.3 is 4.74 Å². The fraction of sp³-hybridized carbons (Fsp3) is 0.250. The summed E-state index contributed by atoms with van der Waals surface area (Å²) in [6.45, 7) is 4.41. The maximum Gasteiger partial charge on any atom is 0.157 e. The first-order chi connectivity index (χ1) is 6.83. The van der Waals surface area contributed by atoms with Crippen LogP contribution in [0.25, 0.3) is 0 Å². The Bertz CT molecular complexity index is 290. The first kappa shape index (κ1) is 10.7. The lowest BCUT2D eigenvalue weighted by Crippen LogP contribution is -2.01. The number of carbonyl (C=O) groups is 1. The van der Waals surface area contributed by atoms with E-state index in [1.807, 2.05) is 30.3 Å². The van der Waals surface area contributed by atoms with E-state index in [0.29, 0.717) is 19.6 Å². The van der Waals surface area contributed by atoms with E-state index in [9.17, 15) is 4.79 Å². The third-order valence-electron chi connectivity index (χ3n) is 1.83. The lowest BCUT2D eigenvalue weighted by atomic mass is 10.2. The van der Waals surface area contributed by atoms with Crippen LogP contribution in [0.5, 0.6) is 0 Å². The van der Waals surface area contributed by atoms with E-state index in [0.717, 1.165) is 5.56 Å². The Morgan fingerprint density at radius 2 is 2.07 bits per heavy atom. The molecule has 0 N–H and O–H groups in total. The Hall–Kier alpha value is -1.41. The predicted octanol–water partition coefficient (Wildman–Crippen LogP) is 2.35. The zero-order chi connectivity index (χ0) is 10.2. The minimum absolute atomic E-state index is 0.0260. The van der Waals surface area contributed by atoms with Crippen LogP contribution in [0.4, 0.5) is 0 Å². The number of hydrogen-bond donors (Lipinski definition) is 0. The number of allylic oxidation sites excluding steroid dienone is 1. The minimum atomic E-state index is 0.0260. The summed E-state index contributed by atoms with van der Waals surface area (Å²) >= 11 is 0. The van der Waals surface area contributed by atoms with Crippen LogP contribution in [0.1, 0.15) is 12.0 Å². The lowest BCUT2D eigenvalue weighted by Gasteiger charge is -2.02. The molecule has 0 aliphatic carbocycles. The molecule has 2 heteroatoms. The average molecular weight is 190 g/mol. The fourth-order valence-electron chi connectivity index (χ4n) is 1.04. The SMILES string of the molecule is C=CC(=O)CCOCc1ccccc1. The Labute approximate surface area is 84.2 Å². The van der Waals surface area contributed by atoms with Gasteiger partial charge in [-0.3, -0.25) is 4.79 Å². The van der Waals surface area contributed by atoms with Crippen LogP contribution in [-0.2, 0) is 16.1 Å². The van der Waals surface area contributed by atoms with Crippen LogP contribution < -0.4 is 0 Å². The van der Waals surface area contributed by atoms with Gasteiger partial charge >= 0.3 is 0 Å². The van der Waals surface area contributed by atoms with Crippen molar-refractivity contribution in [2.45, 2.75) is 13.0 Å². The number of benzene rings is 1.